The van der Waals surface area contributed by atoms with Crippen LogP contribution in [0.5, 0.6) is 0 Å². The van der Waals surface area contributed by atoms with Crippen molar-refractivity contribution in [2.75, 3.05) is 24.5 Å². The van der Waals surface area contributed by atoms with Crippen LogP contribution in [0.2, 0.25) is 5.02 Å². The Kier molecular flexibility index (Phi) is 6.67. The van der Waals surface area contributed by atoms with Crippen molar-refractivity contribution in [1.29, 1.82) is 0 Å². The Labute approximate surface area is 122 Å². The van der Waals surface area contributed by atoms with E-state index in [9.17, 15) is 0 Å². The minimum absolute atomic E-state index is 0.628. The fraction of sp³-hybridized carbons (Fsp3) is 0.625. The highest BCUT2D eigenvalue weighted by Crippen LogP contribution is 2.29. The Morgan fingerprint density at radius 3 is 2.16 bits per heavy atom. The SMILES string of the molecule is CC(C)CN(CC(C)C)c1cccc(Cl)c1CCN. The lowest BCUT2D eigenvalue weighted by atomic mass is 10.1. The van der Waals surface area contributed by atoms with Crippen molar-refractivity contribution < 1.29 is 0 Å². The third-order valence-corrected chi connectivity index (χ3v) is 3.35. The van der Waals surface area contributed by atoms with E-state index < -0.39 is 0 Å². The Morgan fingerprint density at radius 1 is 1.11 bits per heavy atom. The molecule has 0 aliphatic rings. The molecule has 0 bridgehead atoms. The molecule has 0 aliphatic heterocycles. The first-order valence-corrected chi connectivity index (χ1v) is 7.55. The van der Waals surface area contributed by atoms with Gasteiger partial charge in [-0.15, -0.1) is 0 Å². The summed E-state index contributed by atoms with van der Waals surface area (Å²) in [6.45, 7) is 11.7. The molecule has 0 amide bonds. The zero-order valence-corrected chi connectivity index (χ0v) is 13.4. The molecule has 0 atom stereocenters. The quantitative estimate of drug-likeness (QED) is 0.820. The Bertz CT molecular complexity index is 378. The van der Waals surface area contributed by atoms with Gasteiger partial charge in [0, 0.05) is 23.8 Å². The molecule has 2 nitrogen and oxygen atoms in total. The standard InChI is InChI=1S/C16H27ClN2/c1-12(2)10-19(11-13(3)4)16-7-5-6-15(17)14(16)8-9-18/h5-7,12-13H,8-11,18H2,1-4H3. The van der Waals surface area contributed by atoms with Crippen molar-refractivity contribution in [2.24, 2.45) is 17.6 Å². The van der Waals surface area contributed by atoms with Gasteiger partial charge < -0.3 is 10.6 Å². The zero-order valence-electron chi connectivity index (χ0n) is 12.6. The van der Waals surface area contributed by atoms with E-state index in [1.165, 1.54) is 11.3 Å². The third-order valence-electron chi connectivity index (χ3n) is 3.00. The number of hydrogen-bond donors (Lipinski definition) is 1. The molecule has 0 heterocycles. The van der Waals surface area contributed by atoms with Crippen molar-refractivity contribution in [2.45, 2.75) is 34.1 Å². The maximum Gasteiger partial charge on any atom is 0.0459 e. The molecule has 2 N–H and O–H groups in total. The van der Waals surface area contributed by atoms with Gasteiger partial charge >= 0.3 is 0 Å². The maximum atomic E-state index is 6.34. The highest BCUT2D eigenvalue weighted by atomic mass is 35.5. The molecule has 0 saturated heterocycles. The highest BCUT2D eigenvalue weighted by Gasteiger charge is 2.15. The number of nitrogens with two attached hydrogens (primary N) is 1. The third kappa shape index (κ3) is 5.04. The molecule has 0 saturated carbocycles. The molecule has 0 unspecified atom stereocenters. The first-order valence-electron chi connectivity index (χ1n) is 7.18. The Balaban J connectivity index is 3.09. The molecule has 1 aromatic rings. The van der Waals surface area contributed by atoms with Gasteiger partial charge in [0.05, 0.1) is 0 Å². The molecule has 1 aromatic carbocycles. The first-order chi connectivity index (χ1) is 8.95. The molecule has 108 valence electrons. The van der Waals surface area contributed by atoms with Crippen LogP contribution in [0.25, 0.3) is 0 Å². The van der Waals surface area contributed by atoms with E-state index in [4.69, 9.17) is 17.3 Å². The largest absolute Gasteiger partial charge is 0.371 e. The van der Waals surface area contributed by atoms with E-state index in [0.29, 0.717) is 18.4 Å². The minimum atomic E-state index is 0.628. The van der Waals surface area contributed by atoms with Gasteiger partial charge in [-0.2, -0.15) is 0 Å². The lowest BCUT2D eigenvalue weighted by Gasteiger charge is -2.30. The second-order valence-corrected chi connectivity index (χ2v) is 6.38. The van der Waals surface area contributed by atoms with Crippen molar-refractivity contribution in [1.82, 2.24) is 0 Å². The van der Waals surface area contributed by atoms with Crippen molar-refractivity contribution in [3.63, 3.8) is 0 Å². The second-order valence-electron chi connectivity index (χ2n) is 5.97. The van der Waals surface area contributed by atoms with E-state index in [1.54, 1.807) is 0 Å². The zero-order chi connectivity index (χ0) is 14.4. The normalized spacial score (nSPS) is 11.4. The minimum Gasteiger partial charge on any atom is -0.371 e. The molecule has 0 aliphatic carbocycles. The number of halogens is 1. The van der Waals surface area contributed by atoms with Gasteiger partial charge in [-0.25, -0.2) is 0 Å². The number of rotatable bonds is 7. The fourth-order valence-corrected chi connectivity index (χ4v) is 2.65. The van der Waals surface area contributed by atoms with Crippen LogP contribution in [0, 0.1) is 11.8 Å². The molecular weight excluding hydrogens is 256 g/mol. The van der Waals surface area contributed by atoms with E-state index in [0.717, 1.165) is 24.5 Å². The summed E-state index contributed by atoms with van der Waals surface area (Å²) >= 11 is 6.34. The number of benzene rings is 1. The summed E-state index contributed by atoms with van der Waals surface area (Å²) in [5.74, 6) is 1.26. The summed E-state index contributed by atoms with van der Waals surface area (Å²) in [6.07, 6.45) is 0.835. The summed E-state index contributed by atoms with van der Waals surface area (Å²) in [7, 11) is 0. The molecule has 19 heavy (non-hydrogen) atoms. The summed E-state index contributed by atoms with van der Waals surface area (Å²) in [4.78, 5) is 2.45. The topological polar surface area (TPSA) is 29.3 Å². The van der Waals surface area contributed by atoms with Gasteiger partial charge in [-0.1, -0.05) is 45.4 Å². The smallest absolute Gasteiger partial charge is 0.0459 e. The highest BCUT2D eigenvalue weighted by molar-refractivity contribution is 6.31. The fourth-order valence-electron chi connectivity index (χ4n) is 2.39. The summed E-state index contributed by atoms with van der Waals surface area (Å²) in [5, 5.41) is 0.834. The van der Waals surface area contributed by atoms with Crippen LogP contribution in [0.1, 0.15) is 33.3 Å². The van der Waals surface area contributed by atoms with Crippen molar-refractivity contribution in [3.05, 3.63) is 28.8 Å². The van der Waals surface area contributed by atoms with Gasteiger partial charge in [0.25, 0.3) is 0 Å². The summed E-state index contributed by atoms with van der Waals surface area (Å²) in [5.41, 5.74) is 8.16. The van der Waals surface area contributed by atoms with Gasteiger partial charge in [0.2, 0.25) is 0 Å². The van der Waals surface area contributed by atoms with Crippen LogP contribution in [-0.2, 0) is 6.42 Å². The summed E-state index contributed by atoms with van der Waals surface area (Å²) in [6, 6.07) is 6.16. The van der Waals surface area contributed by atoms with E-state index in [-0.39, 0.29) is 0 Å². The lowest BCUT2D eigenvalue weighted by Crippen LogP contribution is -2.32. The second kappa shape index (κ2) is 7.76. The van der Waals surface area contributed by atoms with Gasteiger partial charge in [-0.3, -0.25) is 0 Å². The molecule has 3 heteroatoms. The van der Waals surface area contributed by atoms with Crippen molar-refractivity contribution in [3.8, 4) is 0 Å². The average Bonchev–Trinajstić information content (AvgIpc) is 2.30. The average molecular weight is 283 g/mol. The molecule has 0 fully saturated rings. The first kappa shape index (κ1) is 16.3. The van der Waals surface area contributed by atoms with Crippen molar-refractivity contribution >= 4 is 17.3 Å². The van der Waals surface area contributed by atoms with Gasteiger partial charge in [-0.05, 0) is 42.5 Å². The number of hydrogen-bond acceptors (Lipinski definition) is 2. The van der Waals surface area contributed by atoms with Crippen LogP contribution < -0.4 is 10.6 Å². The predicted octanol–water partition coefficient (Wildman–Crippen LogP) is 3.96. The van der Waals surface area contributed by atoms with E-state index in [2.05, 4.69) is 38.7 Å². The molecule has 0 aromatic heterocycles. The van der Waals surface area contributed by atoms with Crippen LogP contribution in [0.15, 0.2) is 18.2 Å². The maximum absolute atomic E-state index is 6.34. The van der Waals surface area contributed by atoms with E-state index >= 15 is 0 Å². The van der Waals surface area contributed by atoms with Crippen LogP contribution >= 0.6 is 11.6 Å². The Morgan fingerprint density at radius 2 is 1.68 bits per heavy atom. The molecule has 1 rings (SSSR count). The van der Waals surface area contributed by atoms with Gasteiger partial charge in [0.15, 0.2) is 0 Å². The Hall–Kier alpha value is -0.730. The lowest BCUT2D eigenvalue weighted by molar-refractivity contribution is 0.551. The molecule has 0 spiro atoms. The number of anilines is 1. The monoisotopic (exact) mass is 282 g/mol. The van der Waals surface area contributed by atoms with Gasteiger partial charge in [0.1, 0.15) is 0 Å². The van der Waals surface area contributed by atoms with E-state index in [1.807, 2.05) is 12.1 Å². The number of nitrogens with zero attached hydrogens (tertiary/aromatic N) is 1. The molecular formula is C16H27ClN2. The molecule has 0 radical (unpaired) electrons. The van der Waals surface area contributed by atoms with Crippen LogP contribution in [0.4, 0.5) is 5.69 Å². The van der Waals surface area contributed by atoms with Crippen LogP contribution in [0.3, 0.4) is 0 Å². The predicted molar refractivity (Wildman–Crippen MR) is 86.1 cm³/mol. The summed E-state index contributed by atoms with van der Waals surface area (Å²) < 4.78 is 0. The van der Waals surface area contributed by atoms with Crippen LogP contribution in [-0.4, -0.2) is 19.6 Å².